The van der Waals surface area contributed by atoms with Crippen molar-refractivity contribution in [2.75, 3.05) is 6.54 Å². The van der Waals surface area contributed by atoms with E-state index < -0.39 is 0 Å². The number of benzene rings is 1. The summed E-state index contributed by atoms with van der Waals surface area (Å²) < 4.78 is 0.929. The van der Waals surface area contributed by atoms with E-state index in [0.717, 1.165) is 16.6 Å². The smallest absolute Gasteiger partial charge is 0.122 e. The molecule has 1 atom stereocenters. The highest BCUT2D eigenvalue weighted by molar-refractivity contribution is 9.10. The van der Waals surface area contributed by atoms with Crippen LogP contribution in [0, 0.1) is 17.2 Å². The van der Waals surface area contributed by atoms with Crippen LogP contribution in [-0.4, -0.2) is 6.54 Å². The van der Waals surface area contributed by atoms with E-state index in [1.54, 1.807) is 6.07 Å². The highest BCUT2D eigenvalue weighted by Gasteiger charge is 2.14. The predicted octanol–water partition coefficient (Wildman–Crippen LogP) is 3.91. The molecule has 1 rings (SSSR count). The second-order valence-corrected chi connectivity index (χ2v) is 5.35. The maximum atomic E-state index is 9.12. The Balaban J connectivity index is 2.87. The SMILES string of the molecule is CC(C)CNC(C#N)c1cc(Br)ccc1Cl. The Kier molecular flexibility index (Phi) is 5.27. The maximum absolute atomic E-state index is 9.12. The molecule has 0 amide bonds. The number of hydrogen-bond acceptors (Lipinski definition) is 2. The summed E-state index contributed by atoms with van der Waals surface area (Å²) in [6, 6.07) is 7.41. The van der Waals surface area contributed by atoms with Crippen LogP contribution in [0.2, 0.25) is 5.02 Å². The molecule has 0 aliphatic carbocycles. The Morgan fingerprint density at radius 1 is 1.50 bits per heavy atom. The van der Waals surface area contributed by atoms with Crippen molar-refractivity contribution in [1.82, 2.24) is 5.32 Å². The molecule has 1 N–H and O–H groups in total. The van der Waals surface area contributed by atoms with Gasteiger partial charge >= 0.3 is 0 Å². The quantitative estimate of drug-likeness (QED) is 0.915. The number of hydrogen-bond donors (Lipinski definition) is 1. The molecule has 0 aromatic heterocycles. The van der Waals surface area contributed by atoms with E-state index >= 15 is 0 Å². The summed E-state index contributed by atoms with van der Waals surface area (Å²) in [6.07, 6.45) is 0. The molecule has 1 aromatic carbocycles. The van der Waals surface area contributed by atoms with Crippen molar-refractivity contribution >= 4 is 27.5 Å². The molecule has 0 heterocycles. The monoisotopic (exact) mass is 300 g/mol. The van der Waals surface area contributed by atoms with Crippen LogP contribution in [0.1, 0.15) is 25.5 Å². The van der Waals surface area contributed by atoms with Crippen LogP contribution in [0.4, 0.5) is 0 Å². The van der Waals surface area contributed by atoms with Crippen molar-refractivity contribution < 1.29 is 0 Å². The molecule has 86 valence electrons. The molecular weight excluding hydrogens is 288 g/mol. The Morgan fingerprint density at radius 2 is 2.19 bits per heavy atom. The van der Waals surface area contributed by atoms with Crippen LogP contribution in [0.25, 0.3) is 0 Å². The van der Waals surface area contributed by atoms with Crippen molar-refractivity contribution in [3.63, 3.8) is 0 Å². The van der Waals surface area contributed by atoms with Crippen LogP contribution in [-0.2, 0) is 0 Å². The Labute approximate surface area is 110 Å². The fourth-order valence-corrected chi connectivity index (χ4v) is 1.92. The summed E-state index contributed by atoms with van der Waals surface area (Å²) in [7, 11) is 0. The lowest BCUT2D eigenvalue weighted by Crippen LogP contribution is -2.24. The molecule has 0 fully saturated rings. The molecule has 0 aliphatic heterocycles. The summed E-state index contributed by atoms with van der Waals surface area (Å²) in [5, 5.41) is 12.9. The van der Waals surface area contributed by atoms with Gasteiger partial charge in [-0.15, -0.1) is 0 Å². The molecule has 4 heteroatoms. The third-order valence-electron chi connectivity index (χ3n) is 2.13. The fraction of sp³-hybridized carbons (Fsp3) is 0.417. The molecule has 0 spiro atoms. The summed E-state index contributed by atoms with van der Waals surface area (Å²) in [6.45, 7) is 5.00. The second-order valence-electron chi connectivity index (χ2n) is 4.03. The summed E-state index contributed by atoms with van der Waals surface area (Å²) in [4.78, 5) is 0. The van der Waals surface area contributed by atoms with Crippen molar-refractivity contribution in [2.45, 2.75) is 19.9 Å². The van der Waals surface area contributed by atoms with Crippen molar-refractivity contribution in [2.24, 2.45) is 5.92 Å². The Hall–Kier alpha value is -0.560. The van der Waals surface area contributed by atoms with Crippen LogP contribution < -0.4 is 5.32 Å². The second kappa shape index (κ2) is 6.24. The highest BCUT2D eigenvalue weighted by Crippen LogP contribution is 2.26. The first-order valence-corrected chi connectivity index (χ1v) is 6.29. The third-order valence-corrected chi connectivity index (χ3v) is 2.97. The van der Waals surface area contributed by atoms with Gasteiger partial charge in [0.1, 0.15) is 6.04 Å². The number of rotatable bonds is 4. The standard InChI is InChI=1S/C12H14BrClN2/c1-8(2)7-16-12(6-15)10-5-9(13)3-4-11(10)14/h3-5,8,12,16H,7H2,1-2H3. The average molecular weight is 302 g/mol. The molecule has 0 radical (unpaired) electrons. The van der Waals surface area contributed by atoms with Crippen molar-refractivity contribution in [3.8, 4) is 6.07 Å². The van der Waals surface area contributed by atoms with E-state index in [4.69, 9.17) is 16.9 Å². The van der Waals surface area contributed by atoms with E-state index in [1.807, 2.05) is 12.1 Å². The molecule has 0 saturated carbocycles. The number of nitriles is 1. The fourth-order valence-electron chi connectivity index (χ4n) is 1.31. The van der Waals surface area contributed by atoms with Crippen molar-refractivity contribution in [3.05, 3.63) is 33.3 Å². The molecule has 2 nitrogen and oxygen atoms in total. The van der Waals surface area contributed by atoms with E-state index in [9.17, 15) is 0 Å². The van der Waals surface area contributed by atoms with Gasteiger partial charge in [-0.05, 0) is 30.7 Å². The molecule has 1 unspecified atom stereocenters. The summed E-state index contributed by atoms with van der Waals surface area (Å²) in [5.74, 6) is 0.502. The predicted molar refractivity (Wildman–Crippen MR) is 70.3 cm³/mol. The first-order valence-electron chi connectivity index (χ1n) is 5.12. The minimum absolute atomic E-state index is 0.354. The first kappa shape index (κ1) is 13.5. The minimum atomic E-state index is -0.354. The first-order chi connectivity index (χ1) is 7.54. The largest absolute Gasteiger partial charge is 0.298 e. The lowest BCUT2D eigenvalue weighted by atomic mass is 10.1. The van der Waals surface area contributed by atoms with Gasteiger partial charge in [0, 0.05) is 15.1 Å². The van der Waals surface area contributed by atoms with Gasteiger partial charge in [0.05, 0.1) is 6.07 Å². The number of nitrogens with one attached hydrogen (secondary N) is 1. The van der Waals surface area contributed by atoms with Gasteiger partial charge in [0.2, 0.25) is 0 Å². The summed E-state index contributed by atoms with van der Waals surface area (Å²) >= 11 is 9.45. The zero-order valence-corrected chi connectivity index (χ0v) is 11.6. The average Bonchev–Trinajstić information content (AvgIpc) is 2.23. The third kappa shape index (κ3) is 3.79. The van der Waals surface area contributed by atoms with Gasteiger partial charge in [-0.1, -0.05) is 41.4 Å². The van der Waals surface area contributed by atoms with E-state index in [1.165, 1.54) is 0 Å². The molecule has 0 saturated heterocycles. The maximum Gasteiger partial charge on any atom is 0.122 e. The molecule has 0 bridgehead atoms. The highest BCUT2D eigenvalue weighted by atomic mass is 79.9. The molecule has 16 heavy (non-hydrogen) atoms. The van der Waals surface area contributed by atoms with E-state index in [-0.39, 0.29) is 6.04 Å². The lowest BCUT2D eigenvalue weighted by Gasteiger charge is -2.15. The van der Waals surface area contributed by atoms with Gasteiger partial charge in [0.25, 0.3) is 0 Å². The number of nitrogens with zero attached hydrogens (tertiary/aromatic N) is 1. The minimum Gasteiger partial charge on any atom is -0.298 e. The topological polar surface area (TPSA) is 35.8 Å². The summed E-state index contributed by atoms with van der Waals surface area (Å²) in [5.41, 5.74) is 0.819. The van der Waals surface area contributed by atoms with Crippen LogP contribution in [0.15, 0.2) is 22.7 Å². The Morgan fingerprint density at radius 3 is 2.75 bits per heavy atom. The van der Waals surface area contributed by atoms with Gasteiger partial charge in [-0.3, -0.25) is 5.32 Å². The van der Waals surface area contributed by atoms with Crippen LogP contribution in [0.3, 0.4) is 0 Å². The normalized spacial score (nSPS) is 12.5. The van der Waals surface area contributed by atoms with Crippen LogP contribution >= 0.6 is 27.5 Å². The molecule has 0 aliphatic rings. The Bertz CT molecular complexity index is 398. The molecular formula is C12H14BrClN2. The van der Waals surface area contributed by atoms with E-state index in [0.29, 0.717) is 10.9 Å². The zero-order valence-electron chi connectivity index (χ0n) is 9.30. The molecule has 1 aromatic rings. The van der Waals surface area contributed by atoms with E-state index in [2.05, 4.69) is 41.2 Å². The van der Waals surface area contributed by atoms with Gasteiger partial charge in [-0.2, -0.15) is 5.26 Å². The van der Waals surface area contributed by atoms with Crippen LogP contribution in [0.5, 0.6) is 0 Å². The number of halogens is 2. The van der Waals surface area contributed by atoms with Gasteiger partial charge in [-0.25, -0.2) is 0 Å². The van der Waals surface area contributed by atoms with Gasteiger partial charge in [0.15, 0.2) is 0 Å². The van der Waals surface area contributed by atoms with Gasteiger partial charge < -0.3 is 0 Å². The zero-order chi connectivity index (χ0) is 12.1. The lowest BCUT2D eigenvalue weighted by molar-refractivity contribution is 0.525. The van der Waals surface area contributed by atoms with Crippen molar-refractivity contribution in [1.29, 1.82) is 5.26 Å².